The molecule has 2 aliphatic heterocycles. The lowest BCUT2D eigenvalue weighted by Gasteiger charge is -2.33. The van der Waals surface area contributed by atoms with Crippen LogP contribution < -0.4 is 35.8 Å². The lowest BCUT2D eigenvalue weighted by molar-refractivity contribution is -0.144. The number of nitrogens with two attached hydrogens (primary N) is 1. The van der Waals surface area contributed by atoms with Crippen LogP contribution in [-0.2, 0) is 24.0 Å². The van der Waals surface area contributed by atoms with Gasteiger partial charge < -0.3 is 10.6 Å². The second-order valence-electron chi connectivity index (χ2n) is 11.5. The van der Waals surface area contributed by atoms with E-state index >= 15 is 0 Å². The molecule has 4 atom stereocenters. The molecule has 6 rings (SSSR count). The molecule has 0 saturated heterocycles. The summed E-state index contributed by atoms with van der Waals surface area (Å²) in [5.74, 6) is -3.60. The first kappa shape index (κ1) is 31.3. The summed E-state index contributed by atoms with van der Waals surface area (Å²) in [6.07, 6.45) is 0. The van der Waals surface area contributed by atoms with Gasteiger partial charge in [-0.3, -0.25) is 34.3 Å². The number of carbonyl (C=O) groups excluding carboxylic acids is 5. The number of amides is 5. The van der Waals surface area contributed by atoms with Gasteiger partial charge in [-0.15, -0.1) is 4.59 Å². The lowest BCUT2D eigenvalue weighted by Crippen LogP contribution is -2.71. The summed E-state index contributed by atoms with van der Waals surface area (Å²) in [6.45, 7) is 1.47. The van der Waals surface area contributed by atoms with Crippen molar-refractivity contribution in [3.8, 4) is 0 Å². The molecule has 0 aromatic heterocycles. The summed E-state index contributed by atoms with van der Waals surface area (Å²) in [5.41, 5.74) is 11.0. The van der Waals surface area contributed by atoms with Gasteiger partial charge in [0.25, 0.3) is 23.6 Å². The summed E-state index contributed by atoms with van der Waals surface area (Å²) in [6, 6.07) is 26.7. The third-order valence-corrected chi connectivity index (χ3v) is 8.40. The second kappa shape index (κ2) is 12.2. The minimum atomic E-state index is -1.79. The summed E-state index contributed by atoms with van der Waals surface area (Å²) < 4.78 is -0.878. The molecular weight excluding hydrogens is 598 g/mol. The molecule has 2 heterocycles. The Morgan fingerprint density at radius 2 is 1.15 bits per heavy atom. The van der Waals surface area contributed by atoms with Crippen molar-refractivity contribution in [1.29, 1.82) is 0 Å². The number of benzene rings is 4. The molecule has 238 valence electrons. The van der Waals surface area contributed by atoms with Gasteiger partial charge in [-0.05, 0) is 49.4 Å². The highest BCUT2D eigenvalue weighted by Crippen LogP contribution is 2.41. The lowest BCUT2D eigenvalue weighted by atomic mass is 10.1. The van der Waals surface area contributed by atoms with Crippen molar-refractivity contribution >= 4 is 63.7 Å². The van der Waals surface area contributed by atoms with Crippen molar-refractivity contribution in [2.24, 2.45) is 5.73 Å². The fourth-order valence-electron chi connectivity index (χ4n) is 5.94. The number of fused-ring (bicyclic) bond motifs is 2. The van der Waals surface area contributed by atoms with Gasteiger partial charge in [0.05, 0.1) is 17.4 Å². The molecule has 2 aliphatic rings. The van der Waals surface area contributed by atoms with Gasteiger partial charge in [0, 0.05) is 24.5 Å². The van der Waals surface area contributed by atoms with E-state index in [1.165, 1.54) is 35.7 Å². The molecule has 47 heavy (non-hydrogen) atoms. The van der Waals surface area contributed by atoms with Crippen LogP contribution in [0.5, 0.6) is 0 Å². The minimum absolute atomic E-state index is 0.280. The zero-order chi connectivity index (χ0) is 33.5. The first-order valence-electron chi connectivity index (χ1n) is 15.0. The molecule has 0 bridgehead atoms. The van der Waals surface area contributed by atoms with Crippen LogP contribution in [0.15, 0.2) is 109 Å². The van der Waals surface area contributed by atoms with E-state index in [1.54, 1.807) is 109 Å². The molecule has 0 saturated carbocycles. The van der Waals surface area contributed by atoms with Crippen molar-refractivity contribution in [2.75, 3.05) is 28.8 Å². The van der Waals surface area contributed by atoms with E-state index in [0.29, 0.717) is 28.4 Å². The predicted octanol–water partition coefficient (Wildman–Crippen LogP) is 2.88. The van der Waals surface area contributed by atoms with E-state index in [0.717, 1.165) is 0 Å². The zero-order valence-corrected chi connectivity index (χ0v) is 26.0. The number of hydrogen-bond acceptors (Lipinski definition) is 7. The normalized spacial score (nSPS) is 21.8. The Hall–Kier alpha value is -5.69. The molecule has 4 aromatic rings. The maximum Gasteiger partial charge on any atom is 0.369 e. The summed E-state index contributed by atoms with van der Waals surface area (Å²) in [4.78, 5) is 75.3. The van der Waals surface area contributed by atoms with Crippen molar-refractivity contribution in [3.05, 3.63) is 109 Å². The molecule has 5 amide bonds. The average Bonchev–Trinajstić information content (AvgIpc) is 3.20. The fraction of sp³-hybridized carbons (Fsp3) is 0.171. The molecule has 12 heteroatoms. The molecule has 0 fully saturated rings. The Morgan fingerprint density at radius 1 is 0.681 bits per heavy atom. The summed E-state index contributed by atoms with van der Waals surface area (Å²) >= 11 is 0. The molecule has 4 N–H and O–H groups in total. The van der Waals surface area contributed by atoms with Crippen LogP contribution in [0.3, 0.4) is 0 Å². The standard InChI is InChI=1S/C35H33N7O5/c1-22(36)31(43)38-42(3)28-21-13-12-20-27(28)41(24-16-8-5-9-17-24)34(46)30(35(42)47)37-29-32(44)39(2)25-18-10-11-19-26(25)40(33(29)45)23-14-6-4-7-15-23/h4-22,29-30,37H,36H2,1-3H3/p+1/t22-,29?,30?,42?/m0/s1. The number of likely N-dealkylation sites (N-methyl/N-ethyl adjacent to an activating group) is 2. The molecule has 4 aromatic carbocycles. The van der Waals surface area contributed by atoms with E-state index in [2.05, 4.69) is 10.7 Å². The van der Waals surface area contributed by atoms with Gasteiger partial charge in [0.15, 0.2) is 11.7 Å². The largest absolute Gasteiger partial charge is 0.369 e. The molecular formula is C35H34N7O5+. The SMILES string of the molecule is C[C@H](N)C(=O)N[N+]1(C)C(=O)C(NC2C(=O)N(C)c3ccccc3N(c3ccccc3)C2=O)C(=O)N(c2ccccc2)c2ccccc21. The van der Waals surface area contributed by atoms with Crippen LogP contribution >= 0.6 is 0 Å². The number of rotatable bonds is 6. The van der Waals surface area contributed by atoms with Crippen LogP contribution in [0.2, 0.25) is 0 Å². The van der Waals surface area contributed by atoms with Crippen molar-refractivity contribution < 1.29 is 24.0 Å². The van der Waals surface area contributed by atoms with Gasteiger partial charge in [-0.25, -0.2) is 4.79 Å². The van der Waals surface area contributed by atoms with Gasteiger partial charge in [-0.2, -0.15) is 5.43 Å². The molecule has 0 aliphatic carbocycles. The van der Waals surface area contributed by atoms with E-state index in [-0.39, 0.29) is 5.69 Å². The number of para-hydroxylation sites is 6. The number of hydrogen-bond donors (Lipinski definition) is 3. The molecule has 0 radical (unpaired) electrons. The Kier molecular flexibility index (Phi) is 8.16. The highest BCUT2D eigenvalue weighted by atomic mass is 16.2. The zero-order valence-electron chi connectivity index (χ0n) is 26.0. The quantitative estimate of drug-likeness (QED) is 0.219. The van der Waals surface area contributed by atoms with Gasteiger partial charge >= 0.3 is 5.91 Å². The summed E-state index contributed by atoms with van der Waals surface area (Å²) in [5, 5.41) is 2.87. The van der Waals surface area contributed by atoms with Gasteiger partial charge in [0.2, 0.25) is 6.04 Å². The van der Waals surface area contributed by atoms with Crippen LogP contribution in [0.25, 0.3) is 0 Å². The molecule has 12 nitrogen and oxygen atoms in total. The van der Waals surface area contributed by atoms with Crippen molar-refractivity contribution in [1.82, 2.24) is 15.3 Å². The second-order valence-corrected chi connectivity index (χ2v) is 11.5. The van der Waals surface area contributed by atoms with E-state index in [9.17, 15) is 24.0 Å². The minimum Gasteiger partial charge on any atom is -0.320 e. The number of anilines is 5. The first-order valence-corrected chi connectivity index (χ1v) is 15.0. The van der Waals surface area contributed by atoms with E-state index in [1.807, 2.05) is 0 Å². The Labute approximate surface area is 271 Å². The van der Waals surface area contributed by atoms with Crippen LogP contribution in [0.4, 0.5) is 34.1 Å². The number of carbonyl (C=O) groups is 5. The van der Waals surface area contributed by atoms with Crippen molar-refractivity contribution in [3.63, 3.8) is 0 Å². The average molecular weight is 633 g/mol. The highest BCUT2D eigenvalue weighted by Gasteiger charge is 2.54. The van der Waals surface area contributed by atoms with E-state index in [4.69, 9.17) is 5.73 Å². The topological polar surface area (TPSA) is 145 Å². The number of nitrogens with zero attached hydrogens (tertiary/aromatic N) is 4. The van der Waals surface area contributed by atoms with E-state index < -0.39 is 52.3 Å². The van der Waals surface area contributed by atoms with Crippen LogP contribution in [-0.4, -0.2) is 61.8 Å². The molecule has 0 spiro atoms. The maximum absolute atomic E-state index is 14.8. The van der Waals surface area contributed by atoms with Gasteiger partial charge in [-0.1, -0.05) is 60.7 Å². The monoisotopic (exact) mass is 632 g/mol. The molecule has 3 unspecified atom stereocenters. The van der Waals surface area contributed by atoms with Crippen LogP contribution in [0, 0.1) is 0 Å². The highest BCUT2D eigenvalue weighted by molar-refractivity contribution is 6.25. The third kappa shape index (κ3) is 5.33. The smallest absolute Gasteiger partial charge is 0.320 e. The fourth-order valence-corrected chi connectivity index (χ4v) is 5.94. The van der Waals surface area contributed by atoms with Crippen LogP contribution in [0.1, 0.15) is 6.92 Å². The number of nitrogens with one attached hydrogen (secondary N) is 2. The Bertz CT molecular complexity index is 1880. The predicted molar refractivity (Wildman–Crippen MR) is 179 cm³/mol. The third-order valence-electron chi connectivity index (χ3n) is 8.40. The van der Waals surface area contributed by atoms with Crippen molar-refractivity contribution in [2.45, 2.75) is 25.0 Å². The number of quaternary nitrogens is 1. The Balaban J connectivity index is 1.52. The first-order chi connectivity index (χ1) is 22.5. The Morgan fingerprint density at radius 3 is 1.72 bits per heavy atom. The summed E-state index contributed by atoms with van der Waals surface area (Å²) in [7, 11) is 2.97. The van der Waals surface area contributed by atoms with Gasteiger partial charge in [0.1, 0.15) is 12.7 Å². The maximum atomic E-state index is 14.8.